The van der Waals surface area contributed by atoms with Gasteiger partial charge in [0.1, 0.15) is 6.07 Å². The minimum atomic E-state index is -0.0171. The van der Waals surface area contributed by atoms with Gasteiger partial charge in [0, 0.05) is 32.2 Å². The summed E-state index contributed by atoms with van der Waals surface area (Å²) >= 11 is 0. The zero-order chi connectivity index (χ0) is 14.5. The third-order valence-electron chi connectivity index (χ3n) is 4.23. The molecule has 1 aromatic carbocycles. The van der Waals surface area contributed by atoms with Crippen molar-refractivity contribution in [2.45, 2.75) is 32.9 Å². The predicted octanol–water partition coefficient (Wildman–Crippen LogP) is 1.97. The maximum atomic E-state index is 9.28. The third kappa shape index (κ3) is 3.12. The lowest BCUT2D eigenvalue weighted by atomic mass is 10.1. The quantitative estimate of drug-likeness (QED) is 0.911. The Morgan fingerprint density at radius 1 is 1.30 bits per heavy atom. The molecule has 1 atom stereocenters. The van der Waals surface area contributed by atoms with Crippen molar-refractivity contribution in [1.29, 1.82) is 5.26 Å². The summed E-state index contributed by atoms with van der Waals surface area (Å²) in [6.45, 7) is 8.47. The van der Waals surface area contributed by atoms with Crippen molar-refractivity contribution in [2.75, 3.05) is 31.1 Å². The number of hydrogen-bond donors (Lipinski definition) is 1. The van der Waals surface area contributed by atoms with E-state index in [9.17, 15) is 5.26 Å². The maximum Gasteiger partial charge on any atom is 0.101 e. The van der Waals surface area contributed by atoms with E-state index in [0.29, 0.717) is 11.6 Å². The molecule has 0 spiro atoms. The fraction of sp³-hybridized carbons (Fsp3) is 0.562. The van der Waals surface area contributed by atoms with Crippen molar-refractivity contribution < 1.29 is 5.11 Å². The highest BCUT2D eigenvalue weighted by molar-refractivity contribution is 5.60. The van der Waals surface area contributed by atoms with Crippen LogP contribution < -0.4 is 4.90 Å². The Bertz CT molecular complexity index is 487. The number of rotatable bonds is 4. The van der Waals surface area contributed by atoms with Crippen LogP contribution >= 0.6 is 0 Å². The molecular formula is C16H23N3O. The lowest BCUT2D eigenvalue weighted by molar-refractivity contribution is 0.193. The van der Waals surface area contributed by atoms with Crippen molar-refractivity contribution in [1.82, 2.24) is 4.90 Å². The van der Waals surface area contributed by atoms with E-state index >= 15 is 0 Å². The fourth-order valence-electron chi connectivity index (χ4n) is 2.71. The molecule has 1 aliphatic rings. The van der Waals surface area contributed by atoms with Crippen molar-refractivity contribution in [3.05, 3.63) is 29.3 Å². The number of piperazine rings is 1. The van der Waals surface area contributed by atoms with Crippen LogP contribution in [0.3, 0.4) is 0 Å². The van der Waals surface area contributed by atoms with Crippen LogP contribution in [0.2, 0.25) is 0 Å². The van der Waals surface area contributed by atoms with Gasteiger partial charge >= 0.3 is 0 Å². The van der Waals surface area contributed by atoms with E-state index in [1.165, 1.54) is 6.42 Å². The molecule has 1 unspecified atom stereocenters. The van der Waals surface area contributed by atoms with E-state index in [-0.39, 0.29) is 6.61 Å². The van der Waals surface area contributed by atoms with Gasteiger partial charge in [0.2, 0.25) is 0 Å². The molecule has 0 aliphatic carbocycles. The van der Waals surface area contributed by atoms with E-state index in [4.69, 9.17) is 5.11 Å². The summed E-state index contributed by atoms with van der Waals surface area (Å²) < 4.78 is 0. The van der Waals surface area contributed by atoms with Crippen LogP contribution in [0.25, 0.3) is 0 Å². The molecule has 1 aromatic rings. The molecule has 1 fully saturated rings. The van der Waals surface area contributed by atoms with Crippen LogP contribution in [0.4, 0.5) is 5.69 Å². The van der Waals surface area contributed by atoms with Crippen LogP contribution in [0.5, 0.6) is 0 Å². The molecule has 4 nitrogen and oxygen atoms in total. The molecule has 1 heterocycles. The molecule has 4 heteroatoms. The number of nitriles is 1. The fourth-order valence-corrected chi connectivity index (χ4v) is 2.71. The maximum absolute atomic E-state index is 9.28. The molecule has 0 amide bonds. The Labute approximate surface area is 121 Å². The van der Waals surface area contributed by atoms with Crippen molar-refractivity contribution in [2.24, 2.45) is 0 Å². The summed E-state index contributed by atoms with van der Waals surface area (Å²) in [7, 11) is 0. The topological polar surface area (TPSA) is 50.5 Å². The second-order valence-corrected chi connectivity index (χ2v) is 5.40. The smallest absolute Gasteiger partial charge is 0.101 e. The van der Waals surface area contributed by atoms with Crippen molar-refractivity contribution in [3.63, 3.8) is 0 Å². The molecular weight excluding hydrogens is 250 g/mol. The van der Waals surface area contributed by atoms with Crippen molar-refractivity contribution >= 4 is 5.69 Å². The third-order valence-corrected chi connectivity index (χ3v) is 4.23. The Morgan fingerprint density at radius 3 is 2.55 bits per heavy atom. The van der Waals surface area contributed by atoms with E-state index < -0.39 is 0 Å². The largest absolute Gasteiger partial charge is 0.392 e. The zero-order valence-corrected chi connectivity index (χ0v) is 12.3. The van der Waals surface area contributed by atoms with Gasteiger partial charge in [-0.1, -0.05) is 13.0 Å². The number of hydrogen-bond acceptors (Lipinski definition) is 4. The summed E-state index contributed by atoms with van der Waals surface area (Å²) in [5.74, 6) is 0. The average Bonchev–Trinajstić information content (AvgIpc) is 2.53. The Kier molecular flexibility index (Phi) is 4.99. The first-order valence-corrected chi connectivity index (χ1v) is 7.32. The molecule has 1 aliphatic heterocycles. The van der Waals surface area contributed by atoms with Gasteiger partial charge in [-0.3, -0.25) is 4.90 Å². The number of aliphatic hydroxyl groups excluding tert-OH is 1. The second-order valence-electron chi connectivity index (χ2n) is 5.40. The van der Waals surface area contributed by atoms with Crippen LogP contribution in [0.15, 0.2) is 18.2 Å². The average molecular weight is 273 g/mol. The molecule has 0 bridgehead atoms. The molecule has 20 heavy (non-hydrogen) atoms. The van der Waals surface area contributed by atoms with Crippen LogP contribution in [0, 0.1) is 11.3 Å². The summed E-state index contributed by atoms with van der Waals surface area (Å²) in [6.07, 6.45) is 1.18. The summed E-state index contributed by atoms with van der Waals surface area (Å²) in [5, 5.41) is 18.4. The SMILES string of the molecule is CCC(C)N1CCN(c2ccc(CO)cc2C#N)CC1. The number of benzene rings is 1. The Morgan fingerprint density at radius 2 is 2.00 bits per heavy atom. The first-order valence-electron chi connectivity index (χ1n) is 7.32. The van der Waals surface area contributed by atoms with Gasteiger partial charge in [0.25, 0.3) is 0 Å². The number of nitrogens with zero attached hydrogens (tertiary/aromatic N) is 3. The molecule has 1 saturated heterocycles. The second kappa shape index (κ2) is 6.74. The highest BCUT2D eigenvalue weighted by Gasteiger charge is 2.21. The normalized spacial score (nSPS) is 17.8. The van der Waals surface area contributed by atoms with Gasteiger partial charge in [-0.2, -0.15) is 5.26 Å². The van der Waals surface area contributed by atoms with Gasteiger partial charge < -0.3 is 10.0 Å². The van der Waals surface area contributed by atoms with Crippen LogP contribution in [-0.2, 0) is 6.61 Å². The molecule has 0 saturated carbocycles. The van der Waals surface area contributed by atoms with E-state index in [0.717, 1.165) is 37.4 Å². The minimum Gasteiger partial charge on any atom is -0.392 e. The van der Waals surface area contributed by atoms with Crippen LogP contribution in [-0.4, -0.2) is 42.2 Å². The molecule has 0 aromatic heterocycles. The lowest BCUT2D eigenvalue weighted by Gasteiger charge is -2.39. The van der Waals surface area contributed by atoms with E-state index in [1.54, 1.807) is 6.07 Å². The minimum absolute atomic E-state index is 0.0171. The number of aliphatic hydroxyl groups is 1. The molecule has 1 N–H and O–H groups in total. The summed E-state index contributed by atoms with van der Waals surface area (Å²) in [4.78, 5) is 4.78. The van der Waals surface area contributed by atoms with Gasteiger partial charge in [-0.25, -0.2) is 0 Å². The van der Waals surface area contributed by atoms with Crippen LogP contribution in [0.1, 0.15) is 31.4 Å². The summed E-state index contributed by atoms with van der Waals surface area (Å²) in [6, 6.07) is 8.52. The Balaban J connectivity index is 2.09. The standard InChI is InChI=1S/C16H23N3O/c1-3-13(2)18-6-8-19(9-7-18)16-5-4-14(12-20)10-15(16)11-17/h4-5,10,13,20H,3,6-9,12H2,1-2H3. The predicted molar refractivity (Wildman–Crippen MR) is 80.6 cm³/mol. The van der Waals surface area contributed by atoms with Gasteiger partial charge in [-0.05, 0) is 31.0 Å². The van der Waals surface area contributed by atoms with E-state index in [1.807, 2.05) is 12.1 Å². The first kappa shape index (κ1) is 14.8. The van der Waals surface area contributed by atoms with Gasteiger partial charge in [-0.15, -0.1) is 0 Å². The zero-order valence-electron chi connectivity index (χ0n) is 12.3. The molecule has 0 radical (unpaired) electrons. The number of anilines is 1. The summed E-state index contributed by atoms with van der Waals surface area (Å²) in [5.41, 5.74) is 2.45. The van der Waals surface area contributed by atoms with Gasteiger partial charge in [0.05, 0.1) is 17.9 Å². The molecule has 108 valence electrons. The van der Waals surface area contributed by atoms with E-state index in [2.05, 4.69) is 29.7 Å². The molecule has 2 rings (SSSR count). The highest BCUT2D eigenvalue weighted by Crippen LogP contribution is 2.23. The lowest BCUT2D eigenvalue weighted by Crippen LogP contribution is -2.49. The monoisotopic (exact) mass is 273 g/mol. The highest BCUT2D eigenvalue weighted by atomic mass is 16.3. The Hall–Kier alpha value is -1.57. The van der Waals surface area contributed by atoms with Gasteiger partial charge in [0.15, 0.2) is 0 Å². The van der Waals surface area contributed by atoms with Crippen molar-refractivity contribution in [3.8, 4) is 6.07 Å². The first-order chi connectivity index (χ1) is 9.69.